The first-order valence-electron chi connectivity index (χ1n) is 9.76. The molecule has 3 aliphatic rings. The zero-order chi connectivity index (χ0) is 16.7. The summed E-state index contributed by atoms with van der Waals surface area (Å²) < 4.78 is 0. The number of aromatic nitrogens is 1. The van der Waals surface area contributed by atoms with Crippen molar-refractivity contribution in [1.29, 1.82) is 0 Å². The third-order valence-electron chi connectivity index (χ3n) is 6.51. The lowest BCUT2D eigenvalue weighted by Gasteiger charge is -2.40. The second kappa shape index (κ2) is 6.49. The van der Waals surface area contributed by atoms with Gasteiger partial charge in [0.15, 0.2) is 0 Å². The SMILES string of the molecule is c1ccc2c(c1)C(NCC1CC1)CC21CCN(Cc2nccs2)CC1. The van der Waals surface area contributed by atoms with Crippen molar-refractivity contribution >= 4 is 11.3 Å². The van der Waals surface area contributed by atoms with Crippen molar-refractivity contribution in [1.82, 2.24) is 15.2 Å². The predicted octanol–water partition coefficient (Wildman–Crippen LogP) is 4.12. The van der Waals surface area contributed by atoms with Gasteiger partial charge in [0.05, 0.1) is 6.54 Å². The van der Waals surface area contributed by atoms with E-state index in [2.05, 4.69) is 44.8 Å². The highest BCUT2D eigenvalue weighted by Gasteiger charge is 2.45. The number of piperidine rings is 1. The van der Waals surface area contributed by atoms with Crippen LogP contribution < -0.4 is 5.32 Å². The van der Waals surface area contributed by atoms with Gasteiger partial charge in [0.25, 0.3) is 0 Å². The lowest BCUT2D eigenvalue weighted by Crippen LogP contribution is -2.41. The van der Waals surface area contributed by atoms with Gasteiger partial charge in [-0.3, -0.25) is 4.90 Å². The van der Waals surface area contributed by atoms with E-state index in [4.69, 9.17) is 0 Å². The van der Waals surface area contributed by atoms with Crippen LogP contribution in [0.4, 0.5) is 0 Å². The van der Waals surface area contributed by atoms with E-state index >= 15 is 0 Å². The largest absolute Gasteiger partial charge is 0.310 e. The first kappa shape index (κ1) is 16.0. The molecule has 1 N–H and O–H groups in total. The number of likely N-dealkylation sites (tertiary alicyclic amines) is 1. The van der Waals surface area contributed by atoms with Gasteiger partial charge in [-0.1, -0.05) is 24.3 Å². The van der Waals surface area contributed by atoms with Crippen LogP contribution in [0, 0.1) is 5.92 Å². The van der Waals surface area contributed by atoms with Crippen LogP contribution in [0.2, 0.25) is 0 Å². The first-order chi connectivity index (χ1) is 12.3. The summed E-state index contributed by atoms with van der Waals surface area (Å²) in [5.74, 6) is 0.948. The average Bonchev–Trinajstić information content (AvgIpc) is 3.25. The summed E-state index contributed by atoms with van der Waals surface area (Å²) in [4.78, 5) is 7.06. The number of nitrogens with zero attached hydrogens (tertiary/aromatic N) is 2. The number of fused-ring (bicyclic) bond motifs is 2. The van der Waals surface area contributed by atoms with Crippen molar-refractivity contribution < 1.29 is 0 Å². The smallest absolute Gasteiger partial charge is 0.107 e. The molecule has 1 saturated carbocycles. The molecule has 2 heterocycles. The monoisotopic (exact) mass is 353 g/mol. The van der Waals surface area contributed by atoms with Crippen molar-refractivity contribution in [3.05, 3.63) is 52.0 Å². The number of nitrogens with one attached hydrogen (secondary N) is 1. The molecule has 2 fully saturated rings. The van der Waals surface area contributed by atoms with Gasteiger partial charge in [-0.15, -0.1) is 11.3 Å². The molecule has 1 atom stereocenters. The standard InChI is InChI=1S/C21H27N3S/c1-2-4-18-17(3-1)19(23-14-16-5-6-16)13-21(18)7-10-24(11-8-21)15-20-22-9-12-25-20/h1-4,9,12,16,19,23H,5-8,10-11,13-15H2. The highest BCUT2D eigenvalue weighted by Crippen LogP contribution is 2.51. The Balaban J connectivity index is 1.30. The molecule has 3 nitrogen and oxygen atoms in total. The Kier molecular flexibility index (Phi) is 4.15. The molecular formula is C21H27N3S. The Labute approximate surface area is 154 Å². The fraction of sp³-hybridized carbons (Fsp3) is 0.571. The predicted molar refractivity (Wildman–Crippen MR) is 103 cm³/mol. The van der Waals surface area contributed by atoms with E-state index in [0.717, 1.165) is 12.5 Å². The summed E-state index contributed by atoms with van der Waals surface area (Å²) in [5, 5.41) is 7.24. The number of rotatable bonds is 5. The summed E-state index contributed by atoms with van der Waals surface area (Å²) in [7, 11) is 0. The molecule has 1 spiro atoms. The normalized spacial score (nSPS) is 25.4. The van der Waals surface area contributed by atoms with Gasteiger partial charge < -0.3 is 5.32 Å². The van der Waals surface area contributed by atoms with E-state index < -0.39 is 0 Å². The van der Waals surface area contributed by atoms with Crippen LogP contribution in [0.1, 0.15) is 54.3 Å². The fourth-order valence-electron chi connectivity index (χ4n) is 4.84. The van der Waals surface area contributed by atoms with E-state index in [1.54, 1.807) is 22.5 Å². The molecule has 1 aliphatic heterocycles. The summed E-state index contributed by atoms with van der Waals surface area (Å²) in [6.45, 7) is 4.64. The second-order valence-electron chi connectivity index (χ2n) is 8.18. The van der Waals surface area contributed by atoms with Gasteiger partial charge in [0, 0.05) is 17.6 Å². The Hall–Kier alpha value is -1.23. The molecule has 1 unspecified atom stereocenters. The molecule has 1 saturated heterocycles. The lowest BCUT2D eigenvalue weighted by molar-refractivity contribution is 0.146. The molecule has 1 aromatic carbocycles. The van der Waals surface area contributed by atoms with Gasteiger partial charge in [-0.25, -0.2) is 4.98 Å². The highest BCUT2D eigenvalue weighted by atomic mass is 32.1. The molecule has 132 valence electrons. The van der Waals surface area contributed by atoms with Gasteiger partial charge in [0.2, 0.25) is 0 Å². The zero-order valence-corrected chi connectivity index (χ0v) is 15.6. The second-order valence-corrected chi connectivity index (χ2v) is 9.16. The Morgan fingerprint density at radius 1 is 1.20 bits per heavy atom. The topological polar surface area (TPSA) is 28.2 Å². The highest BCUT2D eigenvalue weighted by molar-refractivity contribution is 7.09. The van der Waals surface area contributed by atoms with Gasteiger partial charge in [0.1, 0.15) is 5.01 Å². The van der Waals surface area contributed by atoms with E-state index in [-0.39, 0.29) is 0 Å². The molecule has 5 rings (SSSR count). The van der Waals surface area contributed by atoms with Crippen molar-refractivity contribution in [2.45, 2.75) is 50.1 Å². The van der Waals surface area contributed by atoms with E-state index in [1.807, 2.05) is 6.20 Å². The van der Waals surface area contributed by atoms with Gasteiger partial charge >= 0.3 is 0 Å². The molecule has 25 heavy (non-hydrogen) atoms. The van der Waals surface area contributed by atoms with Crippen molar-refractivity contribution in [2.24, 2.45) is 5.92 Å². The van der Waals surface area contributed by atoms with Crippen molar-refractivity contribution in [3.63, 3.8) is 0 Å². The molecule has 2 aromatic rings. The van der Waals surface area contributed by atoms with Crippen molar-refractivity contribution in [2.75, 3.05) is 19.6 Å². The van der Waals surface area contributed by atoms with Crippen LogP contribution in [0.3, 0.4) is 0 Å². The van der Waals surface area contributed by atoms with Crippen LogP contribution in [-0.2, 0) is 12.0 Å². The van der Waals surface area contributed by atoms with Crippen LogP contribution >= 0.6 is 11.3 Å². The lowest BCUT2D eigenvalue weighted by atomic mass is 9.73. The Morgan fingerprint density at radius 2 is 2.04 bits per heavy atom. The molecule has 0 radical (unpaired) electrons. The molecule has 2 aliphatic carbocycles. The van der Waals surface area contributed by atoms with Gasteiger partial charge in [-0.2, -0.15) is 0 Å². The fourth-order valence-corrected chi connectivity index (χ4v) is 5.50. The number of benzene rings is 1. The van der Waals surface area contributed by atoms with E-state index in [1.165, 1.54) is 56.7 Å². The Bertz CT molecular complexity index is 715. The Morgan fingerprint density at radius 3 is 2.80 bits per heavy atom. The molecule has 4 heteroatoms. The number of thiazole rings is 1. The maximum atomic E-state index is 4.46. The van der Waals surface area contributed by atoms with Crippen LogP contribution in [0.15, 0.2) is 35.8 Å². The molecular weight excluding hydrogens is 326 g/mol. The maximum Gasteiger partial charge on any atom is 0.107 e. The summed E-state index contributed by atoms with van der Waals surface area (Å²) >= 11 is 1.78. The molecule has 0 amide bonds. The van der Waals surface area contributed by atoms with E-state index in [0.29, 0.717) is 11.5 Å². The minimum Gasteiger partial charge on any atom is -0.310 e. The third kappa shape index (κ3) is 3.16. The molecule has 0 bridgehead atoms. The number of hydrogen-bond donors (Lipinski definition) is 1. The summed E-state index contributed by atoms with van der Waals surface area (Å²) in [6.07, 6.45) is 8.66. The zero-order valence-electron chi connectivity index (χ0n) is 14.8. The summed E-state index contributed by atoms with van der Waals surface area (Å²) in [6, 6.07) is 9.82. The maximum absolute atomic E-state index is 4.46. The minimum atomic E-state index is 0.400. The van der Waals surface area contributed by atoms with Gasteiger partial charge in [-0.05, 0) is 74.2 Å². The van der Waals surface area contributed by atoms with Crippen molar-refractivity contribution in [3.8, 4) is 0 Å². The number of hydrogen-bond acceptors (Lipinski definition) is 4. The van der Waals surface area contributed by atoms with E-state index in [9.17, 15) is 0 Å². The average molecular weight is 354 g/mol. The first-order valence-corrected chi connectivity index (χ1v) is 10.6. The third-order valence-corrected chi connectivity index (χ3v) is 7.27. The van der Waals surface area contributed by atoms with Crippen LogP contribution in [0.25, 0.3) is 0 Å². The summed E-state index contributed by atoms with van der Waals surface area (Å²) in [5.41, 5.74) is 3.62. The quantitative estimate of drug-likeness (QED) is 0.876. The molecule has 1 aromatic heterocycles. The van der Waals surface area contributed by atoms with Crippen LogP contribution in [-0.4, -0.2) is 29.5 Å². The minimum absolute atomic E-state index is 0.400. The van der Waals surface area contributed by atoms with Crippen LogP contribution in [0.5, 0.6) is 0 Å².